The molecule has 1 unspecified atom stereocenters. The Labute approximate surface area is 298 Å². The zero-order valence-corrected chi connectivity index (χ0v) is 29.4. The van der Waals surface area contributed by atoms with Crippen molar-refractivity contribution < 1.29 is 4.21 Å². The van der Waals surface area contributed by atoms with Gasteiger partial charge in [0.2, 0.25) is 0 Å². The molecule has 246 valence electrons. The fraction of sp³-hybridized carbons (Fsp3) is 0.111. The van der Waals surface area contributed by atoms with E-state index in [1.165, 1.54) is 16.4 Å². The lowest BCUT2D eigenvalue weighted by Gasteiger charge is -2.48. The van der Waals surface area contributed by atoms with Crippen LogP contribution < -0.4 is 16.4 Å². The highest BCUT2D eigenvalue weighted by atomic mass is 32.2. The fourth-order valence-electron chi connectivity index (χ4n) is 7.07. The minimum atomic E-state index is -2.72. The van der Waals surface area contributed by atoms with Gasteiger partial charge in [0.05, 0.1) is 6.15 Å². The Hall–Kier alpha value is -5.75. The van der Waals surface area contributed by atoms with Crippen LogP contribution in [0, 0.1) is 22.7 Å². The normalized spacial score (nSPS) is 11.5. The molecule has 0 radical (unpaired) electrons. The van der Waals surface area contributed by atoms with E-state index in [1.807, 2.05) is 103 Å². The van der Waals surface area contributed by atoms with Crippen molar-refractivity contribution in [2.45, 2.75) is 35.9 Å². The summed E-state index contributed by atoms with van der Waals surface area (Å²) >= 11 is 0. The maximum atomic E-state index is 14.3. The van der Waals surface area contributed by atoms with Gasteiger partial charge in [-0.25, -0.2) is 0 Å². The standard InChI is InChI=1S/C23H17N2OS.C22H24B/c24-16-20(17-25)23(19-10-4-1-5-11-19)18-27(26,21-12-6-2-7-13-21)22-14-8-3-9-15-22;1-3-19(2)23(20-13-7-4-8-14-20,21-15-9-5-10-16-21)22-17-11-6-12-18-22/h1-15H,18H2;4-19H,3H2,1-2H3/q+1;-1. The van der Waals surface area contributed by atoms with E-state index in [4.69, 9.17) is 0 Å². The highest BCUT2D eigenvalue weighted by Crippen LogP contribution is 2.34. The Morgan fingerprint density at radius 3 is 1.20 bits per heavy atom. The van der Waals surface area contributed by atoms with Crippen molar-refractivity contribution in [2.75, 3.05) is 5.75 Å². The van der Waals surface area contributed by atoms with Crippen LogP contribution in [0.3, 0.4) is 0 Å². The first-order chi connectivity index (χ1) is 24.5. The molecule has 0 heterocycles. The summed E-state index contributed by atoms with van der Waals surface area (Å²) in [6.45, 7) is 4.70. The van der Waals surface area contributed by atoms with E-state index < -0.39 is 16.1 Å². The van der Waals surface area contributed by atoms with Crippen LogP contribution in [0.15, 0.2) is 197 Å². The third-order valence-electron chi connectivity index (χ3n) is 9.72. The van der Waals surface area contributed by atoms with E-state index in [0.717, 1.165) is 12.0 Å². The van der Waals surface area contributed by atoms with Gasteiger partial charge in [-0.1, -0.05) is 182 Å². The predicted molar refractivity (Wildman–Crippen MR) is 211 cm³/mol. The zero-order valence-electron chi connectivity index (χ0n) is 28.6. The van der Waals surface area contributed by atoms with Gasteiger partial charge in [0.25, 0.3) is 0 Å². The second kappa shape index (κ2) is 17.1. The molecule has 6 rings (SSSR count). The number of nitrogens with zero attached hydrogens (tertiary/aromatic N) is 2. The van der Waals surface area contributed by atoms with Crippen LogP contribution in [0.5, 0.6) is 0 Å². The average molecular weight is 669 g/mol. The Kier molecular flexibility index (Phi) is 12.1. The van der Waals surface area contributed by atoms with E-state index in [1.54, 1.807) is 0 Å². The Morgan fingerprint density at radius 2 is 0.880 bits per heavy atom. The molecule has 0 spiro atoms. The van der Waals surface area contributed by atoms with E-state index in [-0.39, 0.29) is 11.3 Å². The van der Waals surface area contributed by atoms with Gasteiger partial charge in [0.1, 0.15) is 23.5 Å². The topological polar surface area (TPSA) is 64.7 Å². The number of hydrogen-bond donors (Lipinski definition) is 0. The molecule has 1 atom stereocenters. The number of nitriles is 2. The van der Waals surface area contributed by atoms with E-state index in [0.29, 0.717) is 21.2 Å². The number of allylic oxidation sites excluding steroid dienone is 1. The molecule has 0 N–H and O–H groups in total. The summed E-state index contributed by atoms with van der Waals surface area (Å²) in [6, 6.07) is 64.7. The van der Waals surface area contributed by atoms with Gasteiger partial charge < -0.3 is 0 Å². The van der Waals surface area contributed by atoms with Crippen LogP contribution in [0.2, 0.25) is 5.82 Å². The second-order valence-corrected chi connectivity index (χ2v) is 15.0. The molecule has 6 aromatic rings. The minimum Gasteiger partial charge on any atom is -0.200 e. The van der Waals surface area contributed by atoms with Crippen LogP contribution in [0.4, 0.5) is 0 Å². The van der Waals surface area contributed by atoms with E-state index in [9.17, 15) is 14.7 Å². The third-order valence-corrected chi connectivity index (χ3v) is 12.5. The van der Waals surface area contributed by atoms with Crippen molar-refractivity contribution in [3.05, 3.63) is 193 Å². The van der Waals surface area contributed by atoms with Crippen LogP contribution >= 0.6 is 0 Å². The van der Waals surface area contributed by atoms with Crippen molar-refractivity contribution >= 4 is 38.0 Å². The lowest BCUT2D eigenvalue weighted by molar-refractivity contribution is 0.586. The molecule has 0 aliphatic carbocycles. The van der Waals surface area contributed by atoms with Gasteiger partial charge in [0, 0.05) is 5.57 Å². The quantitative estimate of drug-likeness (QED) is 0.0832. The monoisotopic (exact) mass is 668 g/mol. The lowest BCUT2D eigenvalue weighted by Crippen LogP contribution is -2.69. The molecule has 0 saturated carbocycles. The summed E-state index contributed by atoms with van der Waals surface area (Å²) in [5.74, 6) is 0.642. The first-order valence-corrected chi connectivity index (χ1v) is 18.7. The van der Waals surface area contributed by atoms with Crippen LogP contribution in [-0.2, 0) is 14.1 Å². The molecular weight excluding hydrogens is 627 g/mol. The van der Waals surface area contributed by atoms with Crippen molar-refractivity contribution in [1.29, 1.82) is 10.5 Å². The number of hydrogen-bond acceptors (Lipinski definition) is 3. The lowest BCUT2D eigenvalue weighted by atomic mass is 9.10. The van der Waals surface area contributed by atoms with Gasteiger partial charge in [-0.05, 0) is 29.8 Å². The number of rotatable bonds is 10. The molecule has 0 bridgehead atoms. The van der Waals surface area contributed by atoms with Gasteiger partial charge in [-0.15, -0.1) is 0 Å². The van der Waals surface area contributed by atoms with Crippen molar-refractivity contribution in [1.82, 2.24) is 0 Å². The minimum absolute atomic E-state index is 0.0132. The summed E-state index contributed by atoms with van der Waals surface area (Å²) in [6.07, 6.45) is 0.177. The molecule has 5 heteroatoms. The number of benzene rings is 6. The van der Waals surface area contributed by atoms with Crippen molar-refractivity contribution in [2.24, 2.45) is 0 Å². The molecule has 50 heavy (non-hydrogen) atoms. The predicted octanol–water partition coefficient (Wildman–Crippen LogP) is 9.06. The molecular formula is C45H41BN2OS. The van der Waals surface area contributed by atoms with Crippen LogP contribution in [0.25, 0.3) is 5.57 Å². The summed E-state index contributed by atoms with van der Waals surface area (Å²) in [4.78, 5) is 1.36. The summed E-state index contributed by atoms with van der Waals surface area (Å²) in [5, 5.41) is 18.9. The first-order valence-electron chi connectivity index (χ1n) is 17.0. The highest BCUT2D eigenvalue weighted by Gasteiger charge is 2.37. The third kappa shape index (κ3) is 7.60. The van der Waals surface area contributed by atoms with Crippen LogP contribution in [0.1, 0.15) is 25.8 Å². The fourth-order valence-corrected chi connectivity index (χ4v) is 9.59. The second-order valence-electron chi connectivity index (χ2n) is 12.4. The zero-order chi connectivity index (χ0) is 35.2. The molecule has 0 aliphatic heterocycles. The smallest absolute Gasteiger partial charge is 0.163 e. The van der Waals surface area contributed by atoms with Gasteiger partial charge in [0.15, 0.2) is 19.7 Å². The van der Waals surface area contributed by atoms with Crippen molar-refractivity contribution in [3.8, 4) is 12.1 Å². The Morgan fingerprint density at radius 1 is 0.560 bits per heavy atom. The Balaban J connectivity index is 0.000000197. The maximum Gasteiger partial charge on any atom is 0.163 e. The summed E-state index contributed by atoms with van der Waals surface area (Å²) < 4.78 is 14.3. The van der Waals surface area contributed by atoms with Crippen molar-refractivity contribution in [3.63, 3.8) is 0 Å². The van der Waals surface area contributed by atoms with Crippen LogP contribution in [-0.4, -0.2) is 11.9 Å². The molecule has 0 saturated heterocycles. The van der Waals surface area contributed by atoms with Gasteiger partial charge >= 0.3 is 0 Å². The van der Waals surface area contributed by atoms with Gasteiger partial charge in [-0.3, -0.25) is 0 Å². The average Bonchev–Trinajstić information content (AvgIpc) is 3.20. The summed E-state index contributed by atoms with van der Waals surface area (Å²) in [7, 11) is -2.72. The molecule has 0 aliphatic rings. The van der Waals surface area contributed by atoms with E-state index >= 15 is 0 Å². The van der Waals surface area contributed by atoms with E-state index in [2.05, 4.69) is 105 Å². The molecule has 0 amide bonds. The molecule has 3 nitrogen and oxygen atoms in total. The molecule has 0 fully saturated rings. The molecule has 6 aromatic carbocycles. The SMILES string of the molecule is CCC(C)[B-](c1ccccc1)(c1ccccc1)c1ccccc1.N#CC(C#N)=C(C[S+](=O)(c1ccccc1)c1ccccc1)c1ccccc1. The largest absolute Gasteiger partial charge is 0.200 e. The maximum absolute atomic E-state index is 14.3. The summed E-state index contributed by atoms with van der Waals surface area (Å²) in [5.41, 5.74) is 5.51. The van der Waals surface area contributed by atoms with Gasteiger partial charge in [-0.2, -0.15) is 32.7 Å². The highest BCUT2D eigenvalue weighted by molar-refractivity contribution is 8.03. The Bertz CT molecular complexity index is 1950. The molecule has 0 aromatic heterocycles. The first kappa shape index (κ1) is 35.6.